The zero-order chi connectivity index (χ0) is 15.9. The smallest absolute Gasteiger partial charge is 0.271 e. The van der Waals surface area contributed by atoms with Crippen LogP contribution in [0, 0.1) is 0 Å². The Hall–Kier alpha value is -2.09. The summed E-state index contributed by atoms with van der Waals surface area (Å²) in [6.07, 6.45) is 0. The van der Waals surface area contributed by atoms with Crippen LogP contribution in [0.2, 0.25) is 5.02 Å². The fourth-order valence-electron chi connectivity index (χ4n) is 2.53. The third-order valence-electron chi connectivity index (χ3n) is 3.43. The van der Waals surface area contributed by atoms with E-state index in [0.717, 1.165) is 4.31 Å². The topological polar surface area (TPSA) is 86.7 Å². The number of hydrogen-bond acceptors (Lipinski definition) is 4. The number of benzene rings is 2. The lowest BCUT2D eigenvalue weighted by Gasteiger charge is -2.24. The molecule has 22 heavy (non-hydrogen) atoms. The maximum absolute atomic E-state index is 12.8. The van der Waals surface area contributed by atoms with Crippen LogP contribution < -0.4 is 9.79 Å². The molecule has 2 aromatic carbocycles. The first-order chi connectivity index (χ1) is 10.5. The fraction of sp³-hybridized carbons (Fsp3) is 0.0714. The standard InChI is InChI=1S/C14H11ClN2O4S/c15-10-7-4-8-11-12(10)13(14(18)16-19)17(22(11,20)21)9-5-2-1-3-6-9/h1-8,13,19H,(H,16,18). The van der Waals surface area contributed by atoms with Crippen LogP contribution in [0.5, 0.6) is 0 Å². The Kier molecular flexibility index (Phi) is 3.56. The third kappa shape index (κ3) is 2.06. The highest BCUT2D eigenvalue weighted by atomic mass is 35.5. The monoisotopic (exact) mass is 338 g/mol. The summed E-state index contributed by atoms with van der Waals surface area (Å²) in [4.78, 5) is 12.0. The number of sulfonamides is 1. The second-order valence-electron chi connectivity index (χ2n) is 4.67. The maximum atomic E-state index is 12.8. The van der Waals surface area contributed by atoms with Crippen LogP contribution in [0.4, 0.5) is 5.69 Å². The Morgan fingerprint density at radius 3 is 2.45 bits per heavy atom. The number of hydrogen-bond donors (Lipinski definition) is 2. The molecule has 8 heteroatoms. The first-order valence-electron chi connectivity index (χ1n) is 6.30. The number of anilines is 1. The van der Waals surface area contributed by atoms with Gasteiger partial charge in [0.25, 0.3) is 15.9 Å². The molecule has 1 aliphatic heterocycles. The Morgan fingerprint density at radius 2 is 1.82 bits per heavy atom. The number of halogens is 1. The zero-order valence-corrected chi connectivity index (χ0v) is 12.7. The van der Waals surface area contributed by atoms with Gasteiger partial charge in [0.15, 0.2) is 6.04 Å². The molecule has 2 aromatic rings. The van der Waals surface area contributed by atoms with E-state index in [9.17, 15) is 13.2 Å². The Labute approximate surface area is 131 Å². The molecule has 3 rings (SSSR count). The number of nitrogens with zero attached hydrogens (tertiary/aromatic N) is 1. The molecule has 6 nitrogen and oxygen atoms in total. The van der Waals surface area contributed by atoms with E-state index in [0.29, 0.717) is 5.69 Å². The normalized spacial score (nSPS) is 18.8. The van der Waals surface area contributed by atoms with Gasteiger partial charge in [-0.2, -0.15) is 0 Å². The van der Waals surface area contributed by atoms with Gasteiger partial charge in [0, 0.05) is 10.6 Å². The van der Waals surface area contributed by atoms with Gasteiger partial charge in [-0.3, -0.25) is 10.0 Å². The average Bonchev–Trinajstić information content (AvgIpc) is 2.76. The van der Waals surface area contributed by atoms with Crippen LogP contribution in [0.25, 0.3) is 0 Å². The molecule has 0 spiro atoms. The van der Waals surface area contributed by atoms with E-state index in [1.165, 1.54) is 23.7 Å². The fourth-order valence-corrected chi connectivity index (χ4v) is 4.70. The molecule has 1 unspecified atom stereocenters. The minimum atomic E-state index is -3.95. The van der Waals surface area contributed by atoms with Crippen molar-refractivity contribution in [3.05, 3.63) is 59.1 Å². The molecule has 1 amide bonds. The lowest BCUT2D eigenvalue weighted by molar-refractivity contribution is -0.130. The minimum absolute atomic E-state index is 0.0440. The SMILES string of the molecule is O=C(NO)C1c2c(Cl)cccc2S(=O)(=O)N1c1ccccc1. The van der Waals surface area contributed by atoms with Crippen molar-refractivity contribution in [2.45, 2.75) is 10.9 Å². The van der Waals surface area contributed by atoms with Gasteiger partial charge in [-0.15, -0.1) is 0 Å². The zero-order valence-electron chi connectivity index (χ0n) is 11.1. The van der Waals surface area contributed by atoms with Crippen molar-refractivity contribution < 1.29 is 18.4 Å². The molecule has 0 saturated carbocycles. The highest BCUT2D eigenvalue weighted by Crippen LogP contribution is 2.45. The van der Waals surface area contributed by atoms with Crippen molar-refractivity contribution in [1.82, 2.24) is 5.48 Å². The van der Waals surface area contributed by atoms with Crippen LogP contribution >= 0.6 is 11.6 Å². The summed E-state index contributed by atoms with van der Waals surface area (Å²) < 4.78 is 26.5. The number of nitrogens with one attached hydrogen (secondary N) is 1. The largest absolute Gasteiger partial charge is 0.289 e. The van der Waals surface area contributed by atoms with E-state index in [4.69, 9.17) is 16.8 Å². The van der Waals surface area contributed by atoms with Gasteiger partial charge < -0.3 is 0 Å². The van der Waals surface area contributed by atoms with Gasteiger partial charge in [0.05, 0.1) is 10.6 Å². The second-order valence-corrected chi connectivity index (χ2v) is 6.86. The van der Waals surface area contributed by atoms with E-state index in [1.54, 1.807) is 30.3 Å². The number of amides is 1. The van der Waals surface area contributed by atoms with E-state index in [2.05, 4.69) is 0 Å². The van der Waals surface area contributed by atoms with Crippen molar-refractivity contribution >= 4 is 33.2 Å². The van der Waals surface area contributed by atoms with Gasteiger partial charge in [-0.1, -0.05) is 35.9 Å². The summed E-state index contributed by atoms with van der Waals surface area (Å²) in [5, 5.41) is 9.13. The van der Waals surface area contributed by atoms with Crippen LogP contribution in [-0.4, -0.2) is 19.5 Å². The van der Waals surface area contributed by atoms with Crippen LogP contribution in [0.1, 0.15) is 11.6 Å². The molecular formula is C14H11ClN2O4S. The Morgan fingerprint density at radius 1 is 1.14 bits per heavy atom. The molecule has 0 fully saturated rings. The number of fused-ring (bicyclic) bond motifs is 1. The van der Waals surface area contributed by atoms with Crippen molar-refractivity contribution in [3.63, 3.8) is 0 Å². The van der Waals surface area contributed by atoms with Crippen molar-refractivity contribution in [3.8, 4) is 0 Å². The third-order valence-corrected chi connectivity index (χ3v) is 5.61. The van der Waals surface area contributed by atoms with Gasteiger partial charge in [0.2, 0.25) is 0 Å². The highest BCUT2D eigenvalue weighted by Gasteiger charge is 2.47. The minimum Gasteiger partial charge on any atom is -0.289 e. The summed E-state index contributed by atoms with van der Waals surface area (Å²) in [5.41, 5.74) is 1.97. The Balaban J connectivity index is 2.31. The van der Waals surface area contributed by atoms with E-state index < -0.39 is 22.0 Å². The summed E-state index contributed by atoms with van der Waals surface area (Å²) >= 11 is 6.09. The molecule has 0 aromatic heterocycles. The molecule has 0 saturated heterocycles. The number of carbonyl (C=O) groups excluding carboxylic acids is 1. The number of rotatable bonds is 2. The maximum Gasteiger partial charge on any atom is 0.271 e. The van der Waals surface area contributed by atoms with E-state index in [1.807, 2.05) is 0 Å². The Bertz CT molecular complexity index is 839. The molecule has 1 heterocycles. The van der Waals surface area contributed by atoms with Gasteiger partial charge in [-0.25, -0.2) is 18.2 Å². The molecule has 114 valence electrons. The summed E-state index contributed by atoms with van der Waals surface area (Å²) in [6.45, 7) is 0. The van der Waals surface area contributed by atoms with Crippen molar-refractivity contribution in [2.24, 2.45) is 0 Å². The number of carbonyl (C=O) groups is 1. The van der Waals surface area contributed by atoms with Gasteiger partial charge in [0.1, 0.15) is 0 Å². The molecule has 0 radical (unpaired) electrons. The molecule has 0 bridgehead atoms. The summed E-state index contributed by atoms with van der Waals surface area (Å²) in [7, 11) is -3.95. The molecule has 1 atom stereocenters. The van der Waals surface area contributed by atoms with Crippen LogP contribution in [-0.2, 0) is 14.8 Å². The van der Waals surface area contributed by atoms with Crippen molar-refractivity contribution in [2.75, 3.05) is 4.31 Å². The average molecular weight is 339 g/mol. The number of hydroxylamine groups is 1. The lowest BCUT2D eigenvalue weighted by Crippen LogP contribution is -2.38. The molecular weight excluding hydrogens is 328 g/mol. The first-order valence-corrected chi connectivity index (χ1v) is 8.12. The summed E-state index contributed by atoms with van der Waals surface area (Å²) in [5.74, 6) is -0.876. The van der Waals surface area contributed by atoms with Crippen LogP contribution in [0.15, 0.2) is 53.4 Å². The molecule has 1 aliphatic rings. The molecule has 2 N–H and O–H groups in total. The number of para-hydroxylation sites is 1. The summed E-state index contributed by atoms with van der Waals surface area (Å²) in [6, 6.07) is 11.3. The first kappa shape index (κ1) is 14.8. The predicted octanol–water partition coefficient (Wildman–Crippen LogP) is 2.10. The molecule has 0 aliphatic carbocycles. The highest BCUT2D eigenvalue weighted by molar-refractivity contribution is 7.93. The quantitative estimate of drug-likeness (QED) is 0.648. The van der Waals surface area contributed by atoms with Gasteiger partial charge in [-0.05, 0) is 24.3 Å². The van der Waals surface area contributed by atoms with E-state index >= 15 is 0 Å². The van der Waals surface area contributed by atoms with Gasteiger partial charge >= 0.3 is 0 Å². The second kappa shape index (κ2) is 5.28. The van der Waals surface area contributed by atoms with Crippen LogP contribution in [0.3, 0.4) is 0 Å². The van der Waals surface area contributed by atoms with E-state index in [-0.39, 0.29) is 15.5 Å². The predicted molar refractivity (Wildman–Crippen MR) is 80.2 cm³/mol. The lowest BCUT2D eigenvalue weighted by atomic mass is 10.1. The van der Waals surface area contributed by atoms with Crippen molar-refractivity contribution in [1.29, 1.82) is 0 Å².